The first-order chi connectivity index (χ1) is 10.8. The Morgan fingerprint density at radius 3 is 2.35 bits per heavy atom. The molecule has 1 aromatic carbocycles. The molecule has 23 heavy (non-hydrogen) atoms. The number of hydrogen-bond donors (Lipinski definition) is 1. The molecule has 7 heteroatoms. The molecule has 6 nitrogen and oxygen atoms in total. The van der Waals surface area contributed by atoms with Gasteiger partial charge in [0.2, 0.25) is 15.9 Å². The van der Waals surface area contributed by atoms with Crippen molar-refractivity contribution in [1.82, 2.24) is 9.21 Å². The van der Waals surface area contributed by atoms with E-state index >= 15 is 0 Å². The summed E-state index contributed by atoms with van der Waals surface area (Å²) in [6, 6.07) is 8.20. The van der Waals surface area contributed by atoms with Gasteiger partial charge in [0.1, 0.15) is 0 Å². The molecular weight excluding hydrogens is 314 g/mol. The van der Waals surface area contributed by atoms with E-state index in [0.29, 0.717) is 37.5 Å². The number of hydrogen-bond acceptors (Lipinski definition) is 4. The maximum atomic E-state index is 12.7. The zero-order valence-electron chi connectivity index (χ0n) is 13.7. The summed E-state index contributed by atoms with van der Waals surface area (Å²) in [6.07, 6.45) is 0.628. The molecule has 2 rings (SSSR count). The van der Waals surface area contributed by atoms with E-state index in [1.807, 2.05) is 13.8 Å². The molecule has 2 N–H and O–H groups in total. The normalized spacial score (nSPS) is 19.9. The number of rotatable bonds is 4. The van der Waals surface area contributed by atoms with Crippen molar-refractivity contribution in [2.45, 2.75) is 31.2 Å². The van der Waals surface area contributed by atoms with E-state index in [-0.39, 0.29) is 17.9 Å². The molecule has 0 bridgehead atoms. The van der Waals surface area contributed by atoms with E-state index < -0.39 is 10.0 Å². The number of carbonyl (C=O) groups is 1. The Morgan fingerprint density at radius 2 is 1.74 bits per heavy atom. The number of nitrogens with two attached hydrogens (primary N) is 1. The lowest BCUT2D eigenvalue weighted by Crippen LogP contribution is -2.43. The maximum absolute atomic E-state index is 12.7. The molecular formula is C16H25N3O3S. The van der Waals surface area contributed by atoms with Crippen molar-refractivity contribution in [3.63, 3.8) is 0 Å². The van der Waals surface area contributed by atoms with Gasteiger partial charge in [0.05, 0.1) is 10.8 Å². The van der Waals surface area contributed by atoms with Gasteiger partial charge in [-0.3, -0.25) is 4.79 Å². The molecule has 0 aliphatic carbocycles. The Hall–Kier alpha value is -1.44. The van der Waals surface area contributed by atoms with E-state index in [0.717, 1.165) is 0 Å². The number of sulfonamides is 1. The fourth-order valence-corrected chi connectivity index (χ4v) is 4.10. The zero-order valence-corrected chi connectivity index (χ0v) is 14.5. The highest BCUT2D eigenvalue weighted by Gasteiger charge is 2.30. The van der Waals surface area contributed by atoms with Gasteiger partial charge in [-0.25, -0.2) is 8.42 Å². The molecule has 128 valence electrons. The number of carbonyl (C=O) groups excluding carboxylic acids is 1. The van der Waals surface area contributed by atoms with Crippen LogP contribution in [0.3, 0.4) is 0 Å². The van der Waals surface area contributed by atoms with E-state index in [2.05, 4.69) is 0 Å². The first kappa shape index (κ1) is 17.9. The maximum Gasteiger partial charge on any atom is 0.243 e. The van der Waals surface area contributed by atoms with Crippen LogP contribution in [0.25, 0.3) is 0 Å². The summed E-state index contributed by atoms with van der Waals surface area (Å²) in [5.74, 6) is -0.258. The van der Waals surface area contributed by atoms with Crippen LogP contribution < -0.4 is 5.73 Å². The van der Waals surface area contributed by atoms with Crippen LogP contribution in [-0.2, 0) is 14.8 Å². The second-order valence-corrected chi connectivity index (χ2v) is 7.98. The standard InChI is InChI=1S/C16H25N3O3S/c1-13(14(2)17)16(20)18-9-6-10-19(12-11-18)23(21,22)15-7-4-3-5-8-15/h3-5,7-8,13-14H,6,9-12,17H2,1-2H3. The Balaban J connectivity index is 2.08. The predicted octanol–water partition coefficient (Wildman–Crippen LogP) is 0.893. The highest BCUT2D eigenvalue weighted by atomic mass is 32.2. The second kappa shape index (κ2) is 7.42. The van der Waals surface area contributed by atoms with Gasteiger partial charge in [-0.2, -0.15) is 4.31 Å². The van der Waals surface area contributed by atoms with Crippen LogP contribution >= 0.6 is 0 Å². The van der Waals surface area contributed by atoms with E-state index in [1.165, 1.54) is 4.31 Å². The molecule has 1 saturated heterocycles. The first-order valence-electron chi connectivity index (χ1n) is 7.93. The highest BCUT2D eigenvalue weighted by Crippen LogP contribution is 2.18. The second-order valence-electron chi connectivity index (χ2n) is 6.04. The molecule has 1 heterocycles. The largest absolute Gasteiger partial charge is 0.341 e. The van der Waals surface area contributed by atoms with Gasteiger partial charge >= 0.3 is 0 Å². The molecule has 2 atom stereocenters. The molecule has 0 saturated carbocycles. The number of amides is 1. The summed E-state index contributed by atoms with van der Waals surface area (Å²) in [7, 11) is -3.50. The molecule has 1 aliphatic heterocycles. The third-order valence-electron chi connectivity index (χ3n) is 4.33. The average molecular weight is 339 g/mol. The van der Waals surface area contributed by atoms with Crippen molar-refractivity contribution in [3.8, 4) is 0 Å². The minimum absolute atomic E-state index is 0.000964. The summed E-state index contributed by atoms with van der Waals surface area (Å²) in [5.41, 5.74) is 5.80. The van der Waals surface area contributed by atoms with Crippen molar-refractivity contribution in [2.75, 3.05) is 26.2 Å². The van der Waals surface area contributed by atoms with Gasteiger partial charge < -0.3 is 10.6 Å². The minimum Gasteiger partial charge on any atom is -0.341 e. The summed E-state index contributed by atoms with van der Waals surface area (Å²) < 4.78 is 26.8. The molecule has 1 amide bonds. The Kier molecular flexibility index (Phi) is 5.78. The van der Waals surface area contributed by atoms with Gasteiger partial charge in [-0.1, -0.05) is 25.1 Å². The zero-order chi connectivity index (χ0) is 17.0. The van der Waals surface area contributed by atoms with Crippen LogP contribution in [0.2, 0.25) is 0 Å². The van der Waals surface area contributed by atoms with Gasteiger partial charge in [-0.05, 0) is 25.5 Å². The molecule has 1 aromatic rings. The molecule has 1 aliphatic rings. The molecule has 0 spiro atoms. The van der Waals surface area contributed by atoms with Crippen molar-refractivity contribution in [2.24, 2.45) is 11.7 Å². The van der Waals surface area contributed by atoms with Crippen LogP contribution in [0, 0.1) is 5.92 Å². The highest BCUT2D eigenvalue weighted by molar-refractivity contribution is 7.89. The molecule has 0 aromatic heterocycles. The van der Waals surface area contributed by atoms with Crippen LogP contribution in [0.5, 0.6) is 0 Å². The van der Waals surface area contributed by atoms with E-state index in [1.54, 1.807) is 35.2 Å². The average Bonchev–Trinajstić information content (AvgIpc) is 2.80. The van der Waals surface area contributed by atoms with Crippen molar-refractivity contribution in [1.29, 1.82) is 0 Å². The summed E-state index contributed by atoms with van der Waals surface area (Å²) in [5, 5.41) is 0. The summed E-state index contributed by atoms with van der Waals surface area (Å²) in [6.45, 7) is 5.34. The summed E-state index contributed by atoms with van der Waals surface area (Å²) in [4.78, 5) is 14.4. The Morgan fingerprint density at radius 1 is 1.09 bits per heavy atom. The van der Waals surface area contributed by atoms with Gasteiger partial charge in [0.15, 0.2) is 0 Å². The summed E-state index contributed by atoms with van der Waals surface area (Å²) >= 11 is 0. The topological polar surface area (TPSA) is 83.7 Å². The van der Waals surface area contributed by atoms with Crippen molar-refractivity contribution >= 4 is 15.9 Å². The lowest BCUT2D eigenvalue weighted by Gasteiger charge is -2.26. The predicted molar refractivity (Wildman–Crippen MR) is 89.2 cm³/mol. The van der Waals surface area contributed by atoms with Crippen LogP contribution in [0.15, 0.2) is 35.2 Å². The van der Waals surface area contributed by atoms with Gasteiger partial charge in [0.25, 0.3) is 0 Å². The van der Waals surface area contributed by atoms with Crippen LogP contribution in [0.1, 0.15) is 20.3 Å². The first-order valence-corrected chi connectivity index (χ1v) is 9.37. The lowest BCUT2D eigenvalue weighted by atomic mass is 10.0. The third kappa shape index (κ3) is 4.10. The fourth-order valence-electron chi connectivity index (χ4n) is 2.61. The number of benzene rings is 1. The number of nitrogens with zero attached hydrogens (tertiary/aromatic N) is 2. The fraction of sp³-hybridized carbons (Fsp3) is 0.562. The van der Waals surface area contributed by atoms with Crippen molar-refractivity contribution in [3.05, 3.63) is 30.3 Å². The van der Waals surface area contributed by atoms with Gasteiger partial charge in [-0.15, -0.1) is 0 Å². The van der Waals surface area contributed by atoms with Gasteiger partial charge in [0, 0.05) is 32.2 Å². The SMILES string of the molecule is CC(N)C(C)C(=O)N1CCCN(S(=O)(=O)c2ccccc2)CC1. The third-order valence-corrected chi connectivity index (χ3v) is 6.24. The van der Waals surface area contributed by atoms with Crippen molar-refractivity contribution < 1.29 is 13.2 Å². The molecule has 2 unspecified atom stereocenters. The smallest absolute Gasteiger partial charge is 0.243 e. The molecule has 0 radical (unpaired) electrons. The monoisotopic (exact) mass is 339 g/mol. The van der Waals surface area contributed by atoms with Crippen LogP contribution in [0.4, 0.5) is 0 Å². The lowest BCUT2D eigenvalue weighted by molar-refractivity contribution is -0.135. The Labute approximate surface area is 138 Å². The Bertz CT molecular complexity index is 631. The van der Waals surface area contributed by atoms with Crippen LogP contribution in [-0.4, -0.2) is 55.8 Å². The van der Waals surface area contributed by atoms with E-state index in [9.17, 15) is 13.2 Å². The molecule has 1 fully saturated rings. The minimum atomic E-state index is -3.50. The van der Waals surface area contributed by atoms with E-state index in [4.69, 9.17) is 5.73 Å². The quantitative estimate of drug-likeness (QED) is 0.883.